The van der Waals surface area contributed by atoms with Gasteiger partial charge in [0.05, 0.1) is 0 Å². The molecule has 0 aromatic carbocycles. The molecule has 0 aromatic heterocycles. The third-order valence-electron chi connectivity index (χ3n) is 5.63. The van der Waals surface area contributed by atoms with E-state index in [1.54, 1.807) is 0 Å². The highest BCUT2D eigenvalue weighted by molar-refractivity contribution is 4.94. The first-order valence-electron chi connectivity index (χ1n) is 8.13. The fourth-order valence-corrected chi connectivity index (χ4v) is 4.02. The minimum absolute atomic E-state index is 0.617. The van der Waals surface area contributed by atoms with Gasteiger partial charge in [-0.2, -0.15) is 0 Å². The second-order valence-corrected chi connectivity index (χ2v) is 7.51. The van der Waals surface area contributed by atoms with Gasteiger partial charge in [0.25, 0.3) is 0 Å². The predicted molar refractivity (Wildman–Crippen MR) is 76.7 cm³/mol. The van der Waals surface area contributed by atoms with Crippen LogP contribution in [0.25, 0.3) is 0 Å². The van der Waals surface area contributed by atoms with E-state index in [0.29, 0.717) is 5.41 Å². The van der Waals surface area contributed by atoms with E-state index in [1.165, 1.54) is 64.7 Å². The molecule has 2 unspecified atom stereocenters. The molecule has 0 radical (unpaired) electrons. The Kier molecular flexibility index (Phi) is 3.68. The first kappa shape index (κ1) is 12.9. The molecule has 104 valence electrons. The fraction of sp³-hybridized carbons (Fsp3) is 1.00. The van der Waals surface area contributed by atoms with Crippen molar-refractivity contribution in [2.24, 2.45) is 17.3 Å². The normalized spacial score (nSPS) is 36.3. The van der Waals surface area contributed by atoms with Gasteiger partial charge in [0.2, 0.25) is 0 Å². The summed E-state index contributed by atoms with van der Waals surface area (Å²) in [7, 11) is 0. The maximum atomic E-state index is 3.81. The van der Waals surface area contributed by atoms with Crippen LogP contribution in [0, 0.1) is 17.3 Å². The SMILES string of the molecule is CC1CN(CC2(CNC3CC3)CCCC2)CC1C. The molecular weight excluding hydrogens is 220 g/mol. The van der Waals surface area contributed by atoms with Crippen molar-refractivity contribution >= 4 is 0 Å². The molecule has 3 rings (SSSR count). The Labute approximate surface area is 113 Å². The zero-order chi connectivity index (χ0) is 12.6. The molecule has 1 saturated heterocycles. The van der Waals surface area contributed by atoms with E-state index in [-0.39, 0.29) is 0 Å². The highest BCUT2D eigenvalue weighted by Gasteiger charge is 2.39. The monoisotopic (exact) mass is 250 g/mol. The predicted octanol–water partition coefficient (Wildman–Crippen LogP) is 2.89. The fourth-order valence-electron chi connectivity index (χ4n) is 4.02. The highest BCUT2D eigenvalue weighted by atomic mass is 15.2. The summed E-state index contributed by atoms with van der Waals surface area (Å²) in [6.07, 6.45) is 8.70. The maximum absolute atomic E-state index is 3.81. The van der Waals surface area contributed by atoms with Crippen LogP contribution in [0.5, 0.6) is 0 Å². The van der Waals surface area contributed by atoms with Gasteiger partial charge < -0.3 is 10.2 Å². The summed E-state index contributed by atoms with van der Waals surface area (Å²) in [6, 6.07) is 0.874. The molecule has 2 aliphatic carbocycles. The summed E-state index contributed by atoms with van der Waals surface area (Å²) in [6.45, 7) is 10.2. The van der Waals surface area contributed by atoms with Crippen LogP contribution in [-0.4, -0.2) is 37.1 Å². The van der Waals surface area contributed by atoms with E-state index < -0.39 is 0 Å². The Morgan fingerprint density at radius 2 is 1.67 bits per heavy atom. The lowest BCUT2D eigenvalue weighted by molar-refractivity contribution is 0.166. The smallest absolute Gasteiger partial charge is 0.00684 e. The Bertz CT molecular complexity index is 269. The highest BCUT2D eigenvalue weighted by Crippen LogP contribution is 2.40. The van der Waals surface area contributed by atoms with Gasteiger partial charge in [0, 0.05) is 32.2 Å². The molecule has 1 N–H and O–H groups in total. The second kappa shape index (κ2) is 5.13. The number of nitrogens with zero attached hydrogens (tertiary/aromatic N) is 1. The van der Waals surface area contributed by atoms with E-state index in [4.69, 9.17) is 0 Å². The molecule has 0 bridgehead atoms. The number of hydrogen-bond donors (Lipinski definition) is 1. The molecule has 1 aliphatic heterocycles. The van der Waals surface area contributed by atoms with E-state index >= 15 is 0 Å². The number of likely N-dealkylation sites (tertiary alicyclic amines) is 1. The van der Waals surface area contributed by atoms with Crippen LogP contribution in [0.3, 0.4) is 0 Å². The lowest BCUT2D eigenvalue weighted by Gasteiger charge is -2.34. The van der Waals surface area contributed by atoms with E-state index in [9.17, 15) is 0 Å². The second-order valence-electron chi connectivity index (χ2n) is 7.51. The van der Waals surface area contributed by atoms with Gasteiger partial charge >= 0.3 is 0 Å². The Hall–Kier alpha value is -0.0800. The molecule has 0 spiro atoms. The molecule has 18 heavy (non-hydrogen) atoms. The molecule has 2 heteroatoms. The number of hydrogen-bond acceptors (Lipinski definition) is 2. The summed E-state index contributed by atoms with van der Waals surface area (Å²) in [5.41, 5.74) is 0.617. The topological polar surface area (TPSA) is 15.3 Å². The molecule has 0 amide bonds. The van der Waals surface area contributed by atoms with Crippen molar-refractivity contribution in [3.05, 3.63) is 0 Å². The van der Waals surface area contributed by atoms with Gasteiger partial charge in [-0.15, -0.1) is 0 Å². The van der Waals surface area contributed by atoms with Gasteiger partial charge in [-0.05, 0) is 42.9 Å². The van der Waals surface area contributed by atoms with Crippen LogP contribution in [0.2, 0.25) is 0 Å². The van der Waals surface area contributed by atoms with Crippen molar-refractivity contribution in [1.29, 1.82) is 0 Å². The largest absolute Gasteiger partial charge is 0.313 e. The summed E-state index contributed by atoms with van der Waals surface area (Å²) >= 11 is 0. The van der Waals surface area contributed by atoms with E-state index in [2.05, 4.69) is 24.1 Å². The molecule has 1 heterocycles. The third kappa shape index (κ3) is 2.91. The third-order valence-corrected chi connectivity index (χ3v) is 5.63. The molecule has 0 aromatic rings. The molecule has 3 aliphatic rings. The molecule has 2 atom stereocenters. The van der Waals surface area contributed by atoms with Crippen molar-refractivity contribution in [3.63, 3.8) is 0 Å². The van der Waals surface area contributed by atoms with Gasteiger partial charge in [0.1, 0.15) is 0 Å². The number of nitrogens with one attached hydrogen (secondary N) is 1. The standard InChI is InChI=1S/C16H30N2/c1-13-9-18(10-14(13)2)12-16(7-3-4-8-16)11-17-15-5-6-15/h13-15,17H,3-12H2,1-2H3. The van der Waals surface area contributed by atoms with Crippen LogP contribution < -0.4 is 5.32 Å². The maximum Gasteiger partial charge on any atom is 0.00684 e. The Morgan fingerprint density at radius 1 is 1.06 bits per heavy atom. The summed E-state index contributed by atoms with van der Waals surface area (Å²) in [5, 5.41) is 3.81. The molecular formula is C16H30N2. The van der Waals surface area contributed by atoms with Gasteiger partial charge in [-0.1, -0.05) is 26.7 Å². The quantitative estimate of drug-likeness (QED) is 0.807. The van der Waals surface area contributed by atoms with Gasteiger partial charge in [-0.25, -0.2) is 0 Å². The lowest BCUT2D eigenvalue weighted by atomic mass is 9.85. The number of rotatable bonds is 5. The zero-order valence-electron chi connectivity index (χ0n) is 12.3. The van der Waals surface area contributed by atoms with Gasteiger partial charge in [-0.3, -0.25) is 0 Å². The van der Waals surface area contributed by atoms with E-state index in [0.717, 1.165) is 17.9 Å². The average molecular weight is 250 g/mol. The van der Waals surface area contributed by atoms with Crippen LogP contribution in [0.15, 0.2) is 0 Å². The molecule has 2 saturated carbocycles. The van der Waals surface area contributed by atoms with Crippen molar-refractivity contribution in [2.75, 3.05) is 26.2 Å². The Balaban J connectivity index is 1.55. The van der Waals surface area contributed by atoms with Crippen LogP contribution in [-0.2, 0) is 0 Å². The molecule has 3 fully saturated rings. The summed E-state index contributed by atoms with van der Waals surface area (Å²) in [4.78, 5) is 2.76. The average Bonchev–Trinajstić information content (AvgIpc) is 2.98. The van der Waals surface area contributed by atoms with Gasteiger partial charge in [0.15, 0.2) is 0 Å². The van der Waals surface area contributed by atoms with E-state index in [1.807, 2.05) is 0 Å². The minimum atomic E-state index is 0.617. The summed E-state index contributed by atoms with van der Waals surface area (Å²) < 4.78 is 0. The first-order chi connectivity index (χ1) is 8.67. The first-order valence-corrected chi connectivity index (χ1v) is 8.13. The molecule has 2 nitrogen and oxygen atoms in total. The van der Waals surface area contributed by atoms with Crippen LogP contribution >= 0.6 is 0 Å². The Morgan fingerprint density at radius 3 is 2.22 bits per heavy atom. The van der Waals surface area contributed by atoms with Crippen LogP contribution in [0.1, 0.15) is 52.4 Å². The lowest BCUT2D eigenvalue weighted by Crippen LogP contribution is -2.42. The minimum Gasteiger partial charge on any atom is -0.313 e. The van der Waals surface area contributed by atoms with Crippen molar-refractivity contribution in [1.82, 2.24) is 10.2 Å². The van der Waals surface area contributed by atoms with Crippen molar-refractivity contribution in [2.45, 2.75) is 58.4 Å². The van der Waals surface area contributed by atoms with Crippen LogP contribution in [0.4, 0.5) is 0 Å². The van der Waals surface area contributed by atoms with Crippen molar-refractivity contribution in [3.8, 4) is 0 Å². The zero-order valence-corrected chi connectivity index (χ0v) is 12.3. The summed E-state index contributed by atoms with van der Waals surface area (Å²) in [5.74, 6) is 1.81. The van der Waals surface area contributed by atoms with Crippen molar-refractivity contribution < 1.29 is 0 Å².